The lowest BCUT2D eigenvalue weighted by Gasteiger charge is -2.17. The fraction of sp³-hybridized carbons (Fsp3) is 0.375. The van der Waals surface area contributed by atoms with Gasteiger partial charge in [-0.15, -0.1) is 11.3 Å². The molecule has 124 valence electrons. The normalized spacial score (nSPS) is 10.4. The van der Waals surface area contributed by atoms with Crippen molar-refractivity contribution in [2.75, 3.05) is 32.7 Å². The number of anilines is 1. The third kappa shape index (κ3) is 5.54. The van der Waals surface area contributed by atoms with Gasteiger partial charge in [0.2, 0.25) is 0 Å². The lowest BCUT2D eigenvalue weighted by Crippen LogP contribution is -2.30. The molecule has 23 heavy (non-hydrogen) atoms. The van der Waals surface area contributed by atoms with Crippen LogP contribution in [-0.4, -0.2) is 43.3 Å². The largest absolute Gasteiger partial charge is 0.491 e. The molecule has 0 atom stereocenters. The second-order valence-electron chi connectivity index (χ2n) is 5.01. The summed E-state index contributed by atoms with van der Waals surface area (Å²) in [5.41, 5.74) is 1.61. The average Bonchev–Trinajstić information content (AvgIpc) is 2.94. The molecule has 0 aliphatic rings. The molecular formula is C16H21N3O3S. The molecule has 0 radical (unpaired) electrons. The summed E-state index contributed by atoms with van der Waals surface area (Å²) in [7, 11) is 3.37. The molecule has 1 aromatic carbocycles. The number of amides is 2. The van der Waals surface area contributed by atoms with Crippen molar-refractivity contribution in [3.05, 3.63) is 40.3 Å². The average molecular weight is 335 g/mol. The molecule has 1 heterocycles. The summed E-state index contributed by atoms with van der Waals surface area (Å²) in [6.45, 7) is 3.47. The number of ether oxygens (including phenoxy) is 2. The van der Waals surface area contributed by atoms with Gasteiger partial charge in [-0.3, -0.25) is 0 Å². The number of rotatable bonds is 7. The maximum atomic E-state index is 12.2. The summed E-state index contributed by atoms with van der Waals surface area (Å²) in [6, 6.07) is 7.06. The Balaban J connectivity index is 1.84. The lowest BCUT2D eigenvalue weighted by atomic mass is 10.3. The fourth-order valence-corrected chi connectivity index (χ4v) is 2.50. The number of nitrogens with zero attached hydrogens (tertiary/aromatic N) is 2. The Hall–Kier alpha value is -2.12. The number of carbonyl (C=O) groups is 1. The molecule has 0 spiro atoms. The van der Waals surface area contributed by atoms with E-state index in [-0.39, 0.29) is 6.03 Å². The van der Waals surface area contributed by atoms with Crippen molar-refractivity contribution in [1.29, 1.82) is 0 Å². The molecule has 7 heteroatoms. The number of aryl methyl sites for hydroxylation is 1. The van der Waals surface area contributed by atoms with Crippen molar-refractivity contribution in [2.45, 2.75) is 13.5 Å². The number of nitrogens with one attached hydrogen (secondary N) is 1. The summed E-state index contributed by atoms with van der Waals surface area (Å²) in [6.07, 6.45) is 0. The molecule has 6 nitrogen and oxygen atoms in total. The van der Waals surface area contributed by atoms with Gasteiger partial charge < -0.3 is 19.7 Å². The van der Waals surface area contributed by atoms with E-state index < -0.39 is 0 Å². The van der Waals surface area contributed by atoms with Crippen molar-refractivity contribution in [1.82, 2.24) is 9.88 Å². The molecule has 0 fully saturated rings. The summed E-state index contributed by atoms with van der Waals surface area (Å²) >= 11 is 1.58. The van der Waals surface area contributed by atoms with Gasteiger partial charge in [-0.1, -0.05) is 0 Å². The molecule has 2 aromatic rings. The van der Waals surface area contributed by atoms with Gasteiger partial charge in [-0.2, -0.15) is 0 Å². The van der Waals surface area contributed by atoms with Crippen molar-refractivity contribution in [3.63, 3.8) is 0 Å². The predicted molar refractivity (Wildman–Crippen MR) is 91.1 cm³/mol. The number of methoxy groups -OCH3 is 1. The Morgan fingerprint density at radius 3 is 2.65 bits per heavy atom. The first-order valence-corrected chi connectivity index (χ1v) is 8.11. The third-order valence-electron chi connectivity index (χ3n) is 3.07. The van der Waals surface area contributed by atoms with Gasteiger partial charge in [0.25, 0.3) is 0 Å². The monoisotopic (exact) mass is 335 g/mol. The Labute approximate surface area is 140 Å². The number of urea groups is 1. The van der Waals surface area contributed by atoms with Crippen LogP contribution in [0.15, 0.2) is 29.6 Å². The van der Waals surface area contributed by atoms with Gasteiger partial charge in [-0.25, -0.2) is 9.78 Å². The lowest BCUT2D eigenvalue weighted by molar-refractivity contribution is 0.146. The quantitative estimate of drug-likeness (QED) is 0.790. The number of aromatic nitrogens is 1. The van der Waals surface area contributed by atoms with E-state index in [2.05, 4.69) is 10.3 Å². The third-order valence-corrected chi connectivity index (χ3v) is 3.90. The molecule has 2 rings (SSSR count). The summed E-state index contributed by atoms with van der Waals surface area (Å²) < 4.78 is 10.4. The number of benzene rings is 1. The van der Waals surface area contributed by atoms with Gasteiger partial charge in [0.15, 0.2) is 0 Å². The predicted octanol–water partition coefficient (Wildman–Crippen LogP) is 3.14. The summed E-state index contributed by atoms with van der Waals surface area (Å²) in [5.74, 6) is 0.742. The maximum Gasteiger partial charge on any atom is 0.321 e. The van der Waals surface area contributed by atoms with Crippen LogP contribution in [0, 0.1) is 6.92 Å². The SMILES string of the molecule is COCCOc1ccc(NC(=O)N(C)Cc2csc(C)n2)cc1. The molecule has 0 bridgehead atoms. The van der Waals surface area contributed by atoms with Gasteiger partial charge in [-0.05, 0) is 31.2 Å². The van der Waals surface area contributed by atoms with Crippen LogP contribution >= 0.6 is 11.3 Å². The second kappa shape index (κ2) is 8.50. The highest BCUT2D eigenvalue weighted by molar-refractivity contribution is 7.09. The Bertz CT molecular complexity index is 628. The molecule has 1 aromatic heterocycles. The standard InChI is InChI=1S/C16H21N3O3S/c1-12-17-14(11-23-12)10-19(2)16(20)18-13-4-6-15(7-5-13)22-9-8-21-3/h4-7,11H,8-10H2,1-3H3,(H,18,20). The smallest absolute Gasteiger partial charge is 0.321 e. The molecule has 1 N–H and O–H groups in total. The maximum absolute atomic E-state index is 12.2. The van der Waals surface area contributed by atoms with Crippen LogP contribution in [0.4, 0.5) is 10.5 Å². The fourth-order valence-electron chi connectivity index (χ4n) is 1.89. The highest BCUT2D eigenvalue weighted by Crippen LogP contribution is 2.16. The van der Waals surface area contributed by atoms with E-state index in [0.29, 0.717) is 19.8 Å². The Morgan fingerprint density at radius 1 is 1.30 bits per heavy atom. The van der Waals surface area contributed by atoms with Crippen LogP contribution in [0.5, 0.6) is 5.75 Å². The molecule has 0 saturated heterocycles. The summed E-state index contributed by atoms with van der Waals surface area (Å²) in [5, 5.41) is 5.81. The second-order valence-corrected chi connectivity index (χ2v) is 6.07. The van der Waals surface area contributed by atoms with Crippen LogP contribution < -0.4 is 10.1 Å². The van der Waals surface area contributed by atoms with Crippen LogP contribution in [-0.2, 0) is 11.3 Å². The van der Waals surface area contributed by atoms with E-state index in [9.17, 15) is 4.79 Å². The van der Waals surface area contributed by atoms with E-state index in [0.717, 1.165) is 22.1 Å². The zero-order chi connectivity index (χ0) is 16.7. The number of thiazole rings is 1. The molecule has 0 unspecified atom stereocenters. The topological polar surface area (TPSA) is 63.7 Å². The van der Waals surface area contributed by atoms with Crippen molar-refractivity contribution >= 4 is 23.1 Å². The zero-order valence-electron chi connectivity index (χ0n) is 13.5. The van der Waals surface area contributed by atoms with E-state index in [1.807, 2.05) is 24.4 Å². The molecule has 2 amide bonds. The minimum Gasteiger partial charge on any atom is -0.491 e. The van der Waals surface area contributed by atoms with E-state index in [1.54, 1.807) is 42.5 Å². The van der Waals surface area contributed by atoms with E-state index in [1.165, 1.54) is 0 Å². The van der Waals surface area contributed by atoms with E-state index in [4.69, 9.17) is 9.47 Å². The Kier molecular flexibility index (Phi) is 6.37. The summed E-state index contributed by atoms with van der Waals surface area (Å²) in [4.78, 5) is 18.1. The van der Waals surface area contributed by atoms with Gasteiger partial charge in [0.05, 0.1) is 23.9 Å². The first-order valence-electron chi connectivity index (χ1n) is 7.23. The minimum absolute atomic E-state index is 0.177. The molecular weight excluding hydrogens is 314 g/mol. The van der Waals surface area contributed by atoms with Crippen molar-refractivity contribution < 1.29 is 14.3 Å². The number of hydrogen-bond acceptors (Lipinski definition) is 5. The minimum atomic E-state index is -0.177. The van der Waals surface area contributed by atoms with Crippen LogP contribution in [0.3, 0.4) is 0 Å². The van der Waals surface area contributed by atoms with Gasteiger partial charge >= 0.3 is 6.03 Å². The molecule has 0 saturated carbocycles. The zero-order valence-corrected chi connectivity index (χ0v) is 14.4. The van der Waals surface area contributed by atoms with Crippen LogP contribution in [0.1, 0.15) is 10.7 Å². The highest BCUT2D eigenvalue weighted by Gasteiger charge is 2.11. The molecule has 0 aliphatic carbocycles. The first kappa shape index (κ1) is 17.2. The van der Waals surface area contributed by atoms with E-state index >= 15 is 0 Å². The number of carbonyl (C=O) groups excluding carboxylic acids is 1. The molecule has 0 aliphatic heterocycles. The van der Waals surface area contributed by atoms with Crippen LogP contribution in [0.2, 0.25) is 0 Å². The number of hydrogen-bond donors (Lipinski definition) is 1. The van der Waals surface area contributed by atoms with Crippen molar-refractivity contribution in [2.24, 2.45) is 0 Å². The van der Waals surface area contributed by atoms with Crippen molar-refractivity contribution in [3.8, 4) is 5.75 Å². The van der Waals surface area contributed by atoms with Gasteiger partial charge in [0.1, 0.15) is 12.4 Å². The first-order chi connectivity index (χ1) is 11.1. The van der Waals surface area contributed by atoms with Gasteiger partial charge in [0, 0.05) is 25.2 Å². The van der Waals surface area contributed by atoms with Crippen LogP contribution in [0.25, 0.3) is 0 Å². The highest BCUT2D eigenvalue weighted by atomic mass is 32.1. The Morgan fingerprint density at radius 2 is 2.04 bits per heavy atom.